The molecule has 1 aliphatic carbocycles. The summed E-state index contributed by atoms with van der Waals surface area (Å²) in [6.07, 6.45) is 5.08. The van der Waals surface area contributed by atoms with E-state index in [0.717, 1.165) is 47.4 Å². The molecule has 3 rings (SSSR count). The zero-order valence-electron chi connectivity index (χ0n) is 19.8. The van der Waals surface area contributed by atoms with Gasteiger partial charge in [0, 0.05) is 17.6 Å². The molecule has 1 unspecified atom stereocenters. The largest absolute Gasteiger partial charge is 0.352 e. The highest BCUT2D eigenvalue weighted by Crippen LogP contribution is 2.22. The van der Waals surface area contributed by atoms with Gasteiger partial charge in [-0.05, 0) is 62.1 Å². The highest BCUT2D eigenvalue weighted by atomic mass is 35.5. The van der Waals surface area contributed by atoms with Gasteiger partial charge in [-0.25, -0.2) is 8.42 Å². The van der Waals surface area contributed by atoms with Crippen molar-refractivity contribution < 1.29 is 18.0 Å². The SMILES string of the molecule is Cc1ccccc1CN(C(=O)CN(c1ccc(Cl)cc1)S(C)(=O)=O)C(C)C(=O)NC1CCCC1. The van der Waals surface area contributed by atoms with Crippen LogP contribution in [-0.2, 0) is 26.2 Å². The maximum absolute atomic E-state index is 13.6. The summed E-state index contributed by atoms with van der Waals surface area (Å²) in [5, 5.41) is 3.52. The molecule has 1 atom stereocenters. The van der Waals surface area contributed by atoms with E-state index in [1.807, 2.05) is 31.2 Å². The van der Waals surface area contributed by atoms with Gasteiger partial charge in [0.25, 0.3) is 0 Å². The van der Waals surface area contributed by atoms with Crippen LogP contribution in [0.4, 0.5) is 5.69 Å². The number of hydrogen-bond donors (Lipinski definition) is 1. The molecule has 0 saturated heterocycles. The molecule has 184 valence electrons. The third-order valence-corrected chi connectivity index (χ3v) is 7.66. The first-order chi connectivity index (χ1) is 16.1. The molecule has 2 amide bonds. The van der Waals surface area contributed by atoms with Gasteiger partial charge in [0.15, 0.2) is 0 Å². The lowest BCUT2D eigenvalue weighted by Crippen LogP contribution is -2.52. The van der Waals surface area contributed by atoms with Crippen molar-refractivity contribution >= 4 is 39.1 Å². The Hall–Kier alpha value is -2.58. The lowest BCUT2D eigenvalue weighted by molar-refractivity contribution is -0.139. The van der Waals surface area contributed by atoms with Crippen LogP contribution in [0.3, 0.4) is 0 Å². The molecular weight excluding hydrogens is 474 g/mol. The molecule has 2 aromatic carbocycles. The van der Waals surface area contributed by atoms with Gasteiger partial charge in [0.1, 0.15) is 12.6 Å². The smallest absolute Gasteiger partial charge is 0.244 e. The van der Waals surface area contributed by atoms with Crippen LogP contribution in [0.25, 0.3) is 0 Å². The van der Waals surface area contributed by atoms with Crippen LogP contribution >= 0.6 is 11.6 Å². The average Bonchev–Trinajstić information content (AvgIpc) is 3.29. The number of nitrogens with zero attached hydrogens (tertiary/aromatic N) is 2. The molecule has 0 bridgehead atoms. The van der Waals surface area contributed by atoms with Gasteiger partial charge in [0.05, 0.1) is 11.9 Å². The summed E-state index contributed by atoms with van der Waals surface area (Å²) >= 11 is 5.95. The van der Waals surface area contributed by atoms with E-state index >= 15 is 0 Å². The van der Waals surface area contributed by atoms with Gasteiger partial charge in [-0.15, -0.1) is 0 Å². The second-order valence-electron chi connectivity index (χ2n) is 8.86. The normalized spacial score (nSPS) is 15.1. The zero-order chi connectivity index (χ0) is 24.9. The molecule has 9 heteroatoms. The van der Waals surface area contributed by atoms with Gasteiger partial charge >= 0.3 is 0 Å². The van der Waals surface area contributed by atoms with Crippen molar-refractivity contribution in [3.05, 3.63) is 64.7 Å². The van der Waals surface area contributed by atoms with Crippen LogP contribution in [0.2, 0.25) is 5.02 Å². The topological polar surface area (TPSA) is 86.8 Å². The highest BCUT2D eigenvalue weighted by Gasteiger charge is 2.31. The average molecular weight is 506 g/mol. The first-order valence-corrected chi connectivity index (χ1v) is 13.7. The van der Waals surface area contributed by atoms with Gasteiger partial charge < -0.3 is 10.2 Å². The number of amides is 2. The van der Waals surface area contributed by atoms with Crippen molar-refractivity contribution in [2.24, 2.45) is 0 Å². The van der Waals surface area contributed by atoms with Crippen molar-refractivity contribution in [3.8, 4) is 0 Å². The Balaban J connectivity index is 1.88. The van der Waals surface area contributed by atoms with E-state index in [9.17, 15) is 18.0 Å². The number of sulfonamides is 1. The van der Waals surface area contributed by atoms with Gasteiger partial charge in [-0.1, -0.05) is 48.7 Å². The van der Waals surface area contributed by atoms with Crippen LogP contribution < -0.4 is 9.62 Å². The van der Waals surface area contributed by atoms with E-state index in [-0.39, 0.29) is 18.5 Å². The van der Waals surface area contributed by atoms with Gasteiger partial charge in [-0.2, -0.15) is 0 Å². The third-order valence-electron chi connectivity index (χ3n) is 6.26. The Morgan fingerprint density at radius 2 is 1.71 bits per heavy atom. The monoisotopic (exact) mass is 505 g/mol. The maximum Gasteiger partial charge on any atom is 0.244 e. The Morgan fingerprint density at radius 1 is 1.09 bits per heavy atom. The number of anilines is 1. The van der Waals surface area contributed by atoms with Gasteiger partial charge in [0.2, 0.25) is 21.8 Å². The second-order valence-corrected chi connectivity index (χ2v) is 11.2. The fourth-order valence-electron chi connectivity index (χ4n) is 4.17. The number of hydrogen-bond acceptors (Lipinski definition) is 4. The molecule has 0 aliphatic heterocycles. The first-order valence-electron chi connectivity index (χ1n) is 11.4. The van der Waals surface area contributed by atoms with E-state index in [2.05, 4.69) is 5.32 Å². The standard InChI is InChI=1S/C25H32ClN3O4S/c1-18-8-4-5-9-20(18)16-28(19(2)25(31)27-22-10-6-7-11-22)24(30)17-29(34(3,32)33)23-14-12-21(26)13-15-23/h4-5,8-9,12-15,19,22H,6-7,10-11,16-17H2,1-3H3,(H,27,31). The fraction of sp³-hybridized carbons (Fsp3) is 0.440. The number of carbonyl (C=O) groups is 2. The van der Waals surface area contributed by atoms with E-state index in [4.69, 9.17) is 11.6 Å². The summed E-state index contributed by atoms with van der Waals surface area (Å²) in [4.78, 5) is 28.1. The number of carbonyl (C=O) groups excluding carboxylic acids is 2. The van der Waals surface area contributed by atoms with Crippen molar-refractivity contribution in [3.63, 3.8) is 0 Å². The van der Waals surface area contributed by atoms with Crippen molar-refractivity contribution in [2.75, 3.05) is 17.1 Å². The van der Waals surface area contributed by atoms with E-state index in [1.54, 1.807) is 31.2 Å². The van der Waals surface area contributed by atoms with Crippen LogP contribution in [-0.4, -0.2) is 50.0 Å². The summed E-state index contributed by atoms with van der Waals surface area (Å²) in [5.74, 6) is -0.691. The third kappa shape index (κ3) is 6.73. The number of aryl methyl sites for hydroxylation is 1. The summed E-state index contributed by atoms with van der Waals surface area (Å²) in [6.45, 7) is 3.40. The molecular formula is C25H32ClN3O4S. The molecule has 0 spiro atoms. The predicted molar refractivity (Wildman–Crippen MR) is 135 cm³/mol. The maximum atomic E-state index is 13.6. The minimum Gasteiger partial charge on any atom is -0.352 e. The van der Waals surface area contributed by atoms with Crippen molar-refractivity contribution in [1.29, 1.82) is 0 Å². The van der Waals surface area contributed by atoms with Crippen LogP contribution in [0.1, 0.15) is 43.7 Å². The molecule has 7 nitrogen and oxygen atoms in total. The van der Waals surface area contributed by atoms with Crippen LogP contribution in [0.15, 0.2) is 48.5 Å². The van der Waals surface area contributed by atoms with Crippen molar-refractivity contribution in [2.45, 2.75) is 58.2 Å². The Morgan fingerprint density at radius 3 is 2.29 bits per heavy atom. The Kier molecular flexibility index (Phi) is 8.60. The molecule has 0 heterocycles. The molecule has 0 radical (unpaired) electrons. The molecule has 1 N–H and O–H groups in total. The number of nitrogens with one attached hydrogen (secondary N) is 1. The van der Waals surface area contributed by atoms with E-state index in [1.165, 1.54) is 4.90 Å². The first kappa shape index (κ1) is 26.0. The number of benzene rings is 2. The lowest BCUT2D eigenvalue weighted by Gasteiger charge is -2.32. The summed E-state index contributed by atoms with van der Waals surface area (Å²) < 4.78 is 26.2. The molecule has 1 aliphatic rings. The lowest BCUT2D eigenvalue weighted by atomic mass is 10.1. The minimum absolute atomic E-state index is 0.118. The van der Waals surface area contributed by atoms with Crippen LogP contribution in [0, 0.1) is 6.92 Å². The number of rotatable bonds is 9. The van der Waals surface area contributed by atoms with E-state index < -0.39 is 28.5 Å². The molecule has 0 aromatic heterocycles. The molecule has 1 fully saturated rings. The van der Waals surface area contributed by atoms with E-state index in [0.29, 0.717) is 10.7 Å². The molecule has 2 aromatic rings. The summed E-state index contributed by atoms with van der Waals surface area (Å²) in [6, 6.07) is 13.2. The zero-order valence-corrected chi connectivity index (χ0v) is 21.4. The van der Waals surface area contributed by atoms with Crippen LogP contribution in [0.5, 0.6) is 0 Å². The minimum atomic E-state index is -3.76. The fourth-order valence-corrected chi connectivity index (χ4v) is 5.14. The molecule has 1 saturated carbocycles. The highest BCUT2D eigenvalue weighted by molar-refractivity contribution is 7.92. The second kappa shape index (κ2) is 11.2. The Bertz CT molecular complexity index is 1120. The summed E-state index contributed by atoms with van der Waals surface area (Å²) in [7, 11) is -3.76. The summed E-state index contributed by atoms with van der Waals surface area (Å²) in [5.41, 5.74) is 2.22. The van der Waals surface area contributed by atoms with Gasteiger partial charge in [-0.3, -0.25) is 13.9 Å². The Labute approximate surface area is 207 Å². The number of halogens is 1. The predicted octanol–water partition coefficient (Wildman–Crippen LogP) is 3.89. The quantitative estimate of drug-likeness (QED) is 0.560. The molecule has 34 heavy (non-hydrogen) atoms. The van der Waals surface area contributed by atoms with Crippen molar-refractivity contribution in [1.82, 2.24) is 10.2 Å².